The fraction of sp³-hybridized carbons (Fsp3) is 0.667. The maximum Gasteiger partial charge on any atom is 0.320 e. The number of rotatable bonds is 1. The fourth-order valence-corrected chi connectivity index (χ4v) is 1.03. The van der Waals surface area contributed by atoms with Crippen LogP contribution in [-0.4, -0.2) is 48.8 Å². The van der Waals surface area contributed by atoms with Gasteiger partial charge in [0.1, 0.15) is 12.3 Å². The molecule has 0 bridgehead atoms. The topological polar surface area (TPSA) is 40.6 Å². The van der Waals surface area contributed by atoms with Gasteiger partial charge in [0, 0.05) is 20.6 Å². The lowest BCUT2D eigenvalue weighted by atomic mass is 10.3. The first kappa shape index (κ1) is 7.05. The Balaban J connectivity index is 2.70. The number of hydrogen-bond donors (Lipinski definition) is 0. The molecule has 0 aromatic carbocycles. The van der Waals surface area contributed by atoms with Crippen molar-refractivity contribution in [1.82, 2.24) is 9.80 Å². The molecule has 10 heavy (non-hydrogen) atoms. The van der Waals surface area contributed by atoms with Crippen LogP contribution in [0.15, 0.2) is 0 Å². The molecular weight excluding hydrogens is 132 g/mol. The average Bonchev–Trinajstić information content (AvgIpc) is 2.17. The summed E-state index contributed by atoms with van der Waals surface area (Å²) in [5.74, 6) is 0. The Bertz CT molecular complexity index is 169. The van der Waals surface area contributed by atoms with Crippen LogP contribution < -0.4 is 0 Å². The van der Waals surface area contributed by atoms with Crippen LogP contribution in [0.2, 0.25) is 0 Å². The molecular formula is C6H10N2O2. The zero-order valence-electron chi connectivity index (χ0n) is 6.07. The van der Waals surface area contributed by atoms with Crippen LogP contribution in [0.3, 0.4) is 0 Å². The van der Waals surface area contributed by atoms with Gasteiger partial charge in [0.2, 0.25) is 0 Å². The number of hydrogen-bond acceptors (Lipinski definition) is 2. The molecule has 0 aromatic heterocycles. The molecule has 1 atom stereocenters. The molecule has 1 heterocycles. The highest BCUT2D eigenvalue weighted by molar-refractivity contribution is 5.81. The standard InChI is InChI=1S/C6H10N2O2/c1-7-3-5(4-9)8(2)6(7)10/h4-5H,3H2,1-2H3. The number of amides is 2. The van der Waals surface area contributed by atoms with E-state index in [0.717, 1.165) is 6.29 Å². The van der Waals surface area contributed by atoms with E-state index >= 15 is 0 Å². The van der Waals surface area contributed by atoms with Crippen molar-refractivity contribution in [3.05, 3.63) is 0 Å². The van der Waals surface area contributed by atoms with Crippen LogP contribution in [0.4, 0.5) is 4.79 Å². The second-order valence-electron chi connectivity index (χ2n) is 2.48. The minimum Gasteiger partial charge on any atom is -0.325 e. The molecule has 1 aliphatic heterocycles. The summed E-state index contributed by atoms with van der Waals surface area (Å²) >= 11 is 0. The van der Waals surface area contributed by atoms with E-state index in [1.165, 1.54) is 9.80 Å². The fourth-order valence-electron chi connectivity index (χ4n) is 1.03. The van der Waals surface area contributed by atoms with Gasteiger partial charge in [-0.1, -0.05) is 0 Å². The summed E-state index contributed by atoms with van der Waals surface area (Å²) in [6.07, 6.45) is 0.793. The van der Waals surface area contributed by atoms with Gasteiger partial charge in [-0.05, 0) is 0 Å². The maximum atomic E-state index is 11.0. The van der Waals surface area contributed by atoms with Crippen LogP contribution in [0.1, 0.15) is 0 Å². The average molecular weight is 142 g/mol. The summed E-state index contributed by atoms with van der Waals surface area (Å²) in [6.45, 7) is 0.513. The monoisotopic (exact) mass is 142 g/mol. The zero-order chi connectivity index (χ0) is 7.72. The molecule has 1 fully saturated rings. The highest BCUT2D eigenvalue weighted by atomic mass is 16.2. The molecule has 4 nitrogen and oxygen atoms in total. The van der Waals surface area contributed by atoms with Crippen molar-refractivity contribution in [2.75, 3.05) is 20.6 Å². The molecule has 1 unspecified atom stereocenters. The van der Waals surface area contributed by atoms with Gasteiger partial charge in [-0.3, -0.25) is 0 Å². The van der Waals surface area contributed by atoms with Crippen molar-refractivity contribution < 1.29 is 9.59 Å². The van der Waals surface area contributed by atoms with E-state index in [1.54, 1.807) is 14.1 Å². The molecule has 1 saturated heterocycles. The lowest BCUT2D eigenvalue weighted by Crippen LogP contribution is -2.30. The predicted molar refractivity (Wildman–Crippen MR) is 35.6 cm³/mol. The molecule has 0 aliphatic carbocycles. The van der Waals surface area contributed by atoms with Gasteiger partial charge in [-0.25, -0.2) is 4.79 Å². The van der Waals surface area contributed by atoms with E-state index in [0.29, 0.717) is 6.54 Å². The molecule has 0 spiro atoms. The van der Waals surface area contributed by atoms with E-state index in [-0.39, 0.29) is 12.1 Å². The highest BCUT2D eigenvalue weighted by Crippen LogP contribution is 2.08. The van der Waals surface area contributed by atoms with E-state index in [2.05, 4.69) is 0 Å². The van der Waals surface area contributed by atoms with Crippen molar-refractivity contribution in [3.8, 4) is 0 Å². The summed E-state index contributed by atoms with van der Waals surface area (Å²) in [5.41, 5.74) is 0. The number of aldehydes is 1. The first-order chi connectivity index (χ1) is 4.66. The van der Waals surface area contributed by atoms with Gasteiger partial charge >= 0.3 is 6.03 Å². The Morgan fingerprint density at radius 2 is 2.20 bits per heavy atom. The van der Waals surface area contributed by atoms with Crippen molar-refractivity contribution in [3.63, 3.8) is 0 Å². The van der Waals surface area contributed by atoms with Gasteiger partial charge in [0.05, 0.1) is 0 Å². The molecule has 56 valence electrons. The largest absolute Gasteiger partial charge is 0.325 e. The Hall–Kier alpha value is -1.06. The van der Waals surface area contributed by atoms with Crippen LogP contribution in [-0.2, 0) is 4.79 Å². The molecule has 1 rings (SSSR count). The van der Waals surface area contributed by atoms with Crippen LogP contribution >= 0.6 is 0 Å². The molecule has 0 saturated carbocycles. The molecule has 2 amide bonds. The Labute approximate surface area is 59.4 Å². The second-order valence-corrected chi connectivity index (χ2v) is 2.48. The zero-order valence-corrected chi connectivity index (χ0v) is 6.07. The van der Waals surface area contributed by atoms with Crippen molar-refractivity contribution in [1.29, 1.82) is 0 Å². The minimum atomic E-state index is -0.252. The Kier molecular flexibility index (Phi) is 1.61. The normalized spacial score (nSPS) is 25.8. The van der Waals surface area contributed by atoms with Gasteiger partial charge in [0.25, 0.3) is 0 Å². The maximum absolute atomic E-state index is 11.0. The molecule has 1 aliphatic rings. The number of carbonyl (C=O) groups excluding carboxylic acids is 2. The summed E-state index contributed by atoms with van der Waals surface area (Å²) in [7, 11) is 3.31. The van der Waals surface area contributed by atoms with Crippen LogP contribution in [0.25, 0.3) is 0 Å². The van der Waals surface area contributed by atoms with Gasteiger partial charge in [0.15, 0.2) is 0 Å². The summed E-state index contributed by atoms with van der Waals surface area (Å²) < 4.78 is 0. The first-order valence-electron chi connectivity index (χ1n) is 3.10. The molecule has 0 radical (unpaired) electrons. The third-order valence-corrected chi connectivity index (χ3v) is 1.74. The molecule has 0 N–H and O–H groups in total. The smallest absolute Gasteiger partial charge is 0.320 e. The lowest BCUT2D eigenvalue weighted by molar-refractivity contribution is -0.110. The highest BCUT2D eigenvalue weighted by Gasteiger charge is 2.31. The number of likely N-dealkylation sites (N-methyl/N-ethyl adjacent to an activating group) is 2. The summed E-state index contributed by atoms with van der Waals surface area (Å²) in [5, 5.41) is 0. The van der Waals surface area contributed by atoms with Gasteiger partial charge < -0.3 is 14.6 Å². The quantitative estimate of drug-likeness (QED) is 0.465. The van der Waals surface area contributed by atoms with Crippen molar-refractivity contribution in [2.24, 2.45) is 0 Å². The summed E-state index contributed by atoms with van der Waals surface area (Å²) in [6, 6.07) is -0.338. The third-order valence-electron chi connectivity index (χ3n) is 1.74. The van der Waals surface area contributed by atoms with Crippen LogP contribution in [0.5, 0.6) is 0 Å². The SMILES string of the molecule is CN1CC(C=O)N(C)C1=O. The minimum absolute atomic E-state index is 0.0860. The predicted octanol–water partition coefficient (Wildman–Crippen LogP) is -0.449. The van der Waals surface area contributed by atoms with Gasteiger partial charge in [-0.2, -0.15) is 0 Å². The van der Waals surface area contributed by atoms with E-state index in [1.807, 2.05) is 0 Å². The van der Waals surface area contributed by atoms with Gasteiger partial charge in [-0.15, -0.1) is 0 Å². The van der Waals surface area contributed by atoms with E-state index in [4.69, 9.17) is 0 Å². The van der Waals surface area contributed by atoms with E-state index in [9.17, 15) is 9.59 Å². The lowest BCUT2D eigenvalue weighted by Gasteiger charge is -2.10. The second kappa shape index (κ2) is 2.28. The van der Waals surface area contributed by atoms with Crippen molar-refractivity contribution >= 4 is 12.3 Å². The third kappa shape index (κ3) is 0.853. The number of carbonyl (C=O) groups is 2. The van der Waals surface area contributed by atoms with E-state index < -0.39 is 0 Å². The molecule has 0 aromatic rings. The number of nitrogens with zero attached hydrogens (tertiary/aromatic N) is 2. The van der Waals surface area contributed by atoms with Crippen molar-refractivity contribution in [2.45, 2.75) is 6.04 Å². The first-order valence-corrected chi connectivity index (χ1v) is 3.10. The number of urea groups is 1. The molecule has 4 heteroatoms. The Morgan fingerprint density at radius 1 is 1.60 bits per heavy atom. The Morgan fingerprint density at radius 3 is 2.40 bits per heavy atom. The van der Waals surface area contributed by atoms with Crippen LogP contribution in [0, 0.1) is 0 Å². The summed E-state index contributed by atoms with van der Waals surface area (Å²) in [4.78, 5) is 24.2.